The maximum Gasteiger partial charge on any atom is 0.0462 e. The zero-order valence-corrected chi connectivity index (χ0v) is 32.6. The molecule has 0 aliphatic carbocycles. The van der Waals surface area contributed by atoms with Gasteiger partial charge in [0, 0.05) is 17.1 Å². The SMILES string of the molecule is c1ccc(-c2ccc(N(c3ccc(-c4ccccc4)cc3)c3ccc(-c4ccccc4-c4ccccc4-c4ccccc4-c4cccc5ccccc45)cc3)cc2)cc1. The highest BCUT2D eigenvalue weighted by Gasteiger charge is 2.18. The smallest absolute Gasteiger partial charge is 0.0462 e. The topological polar surface area (TPSA) is 3.24 Å². The van der Waals surface area contributed by atoms with Crippen LogP contribution in [0.4, 0.5) is 17.1 Å². The maximum atomic E-state index is 2.35. The van der Waals surface area contributed by atoms with Crippen molar-refractivity contribution in [3.63, 3.8) is 0 Å². The van der Waals surface area contributed by atoms with E-state index in [-0.39, 0.29) is 0 Å². The van der Waals surface area contributed by atoms with E-state index in [1.165, 1.54) is 77.5 Å². The lowest BCUT2D eigenvalue weighted by atomic mass is 9.86. The van der Waals surface area contributed by atoms with Crippen LogP contribution in [0.2, 0.25) is 0 Å². The van der Waals surface area contributed by atoms with Crippen LogP contribution >= 0.6 is 0 Å². The molecular weight excluding hydrogens is 711 g/mol. The van der Waals surface area contributed by atoms with Gasteiger partial charge in [0.05, 0.1) is 0 Å². The number of nitrogens with zero attached hydrogens (tertiary/aromatic N) is 1. The van der Waals surface area contributed by atoms with E-state index in [4.69, 9.17) is 0 Å². The van der Waals surface area contributed by atoms with Crippen LogP contribution in [-0.2, 0) is 0 Å². The summed E-state index contributed by atoms with van der Waals surface area (Å²) in [7, 11) is 0. The molecule has 0 aliphatic heterocycles. The number of hydrogen-bond donors (Lipinski definition) is 0. The predicted octanol–water partition coefficient (Wildman–Crippen LogP) is 16.3. The van der Waals surface area contributed by atoms with Crippen molar-refractivity contribution in [2.24, 2.45) is 0 Å². The number of anilines is 3. The van der Waals surface area contributed by atoms with E-state index in [1.807, 2.05) is 0 Å². The van der Waals surface area contributed by atoms with E-state index in [0.717, 1.165) is 17.1 Å². The molecule has 0 atom stereocenters. The van der Waals surface area contributed by atoms with Crippen molar-refractivity contribution in [3.05, 3.63) is 249 Å². The van der Waals surface area contributed by atoms with Crippen molar-refractivity contribution in [1.82, 2.24) is 0 Å². The Morgan fingerprint density at radius 1 is 0.186 bits per heavy atom. The van der Waals surface area contributed by atoms with Crippen LogP contribution in [0.25, 0.3) is 77.5 Å². The average Bonchev–Trinajstić information content (AvgIpc) is 3.33. The van der Waals surface area contributed by atoms with Crippen LogP contribution in [0.5, 0.6) is 0 Å². The zero-order chi connectivity index (χ0) is 39.4. The average molecular weight is 752 g/mol. The zero-order valence-electron chi connectivity index (χ0n) is 32.6. The summed E-state index contributed by atoms with van der Waals surface area (Å²) >= 11 is 0. The fraction of sp³-hybridized carbons (Fsp3) is 0. The number of fused-ring (bicyclic) bond motifs is 1. The van der Waals surface area contributed by atoms with E-state index in [0.29, 0.717) is 0 Å². The van der Waals surface area contributed by atoms with Crippen molar-refractivity contribution in [1.29, 1.82) is 0 Å². The minimum Gasteiger partial charge on any atom is -0.311 e. The van der Waals surface area contributed by atoms with Gasteiger partial charge in [-0.15, -0.1) is 0 Å². The standard InChI is InChI=1S/C58H41N/c1-3-16-42(17-4-1)44-30-36-48(37-31-44)59(49-38-32-45(33-39-49)43-18-5-2-6-19-43)50-40-34-47(35-41-50)52-23-9-10-24-53(52)55-25-11-13-27-57(55)58-28-14-12-26-56(58)54-29-15-21-46-20-7-8-22-51(46)54/h1-41H. The number of rotatable bonds is 9. The molecule has 0 saturated carbocycles. The quantitative estimate of drug-likeness (QED) is 0.142. The Kier molecular flexibility index (Phi) is 9.68. The van der Waals surface area contributed by atoms with Crippen LogP contribution in [0.1, 0.15) is 0 Å². The molecule has 0 fully saturated rings. The Balaban J connectivity index is 1.04. The summed E-state index contributed by atoms with van der Waals surface area (Å²) < 4.78 is 0. The van der Waals surface area contributed by atoms with Gasteiger partial charge in [-0.05, 0) is 114 Å². The van der Waals surface area contributed by atoms with Gasteiger partial charge < -0.3 is 4.90 Å². The molecule has 0 spiro atoms. The van der Waals surface area contributed by atoms with E-state index in [2.05, 4.69) is 254 Å². The lowest BCUT2D eigenvalue weighted by Gasteiger charge is -2.26. The minimum atomic E-state index is 1.09. The molecule has 278 valence electrons. The third kappa shape index (κ3) is 7.12. The molecule has 0 unspecified atom stereocenters. The van der Waals surface area contributed by atoms with Crippen molar-refractivity contribution in [3.8, 4) is 66.8 Å². The van der Waals surface area contributed by atoms with Gasteiger partial charge in [-0.1, -0.05) is 212 Å². The molecule has 0 bridgehead atoms. The predicted molar refractivity (Wildman–Crippen MR) is 251 cm³/mol. The van der Waals surface area contributed by atoms with Crippen LogP contribution in [0, 0.1) is 0 Å². The van der Waals surface area contributed by atoms with Gasteiger partial charge in [0.2, 0.25) is 0 Å². The summed E-state index contributed by atoms with van der Waals surface area (Å²) in [5.74, 6) is 0. The molecule has 0 N–H and O–H groups in total. The number of benzene rings is 10. The van der Waals surface area contributed by atoms with Gasteiger partial charge in [0.15, 0.2) is 0 Å². The first kappa shape index (κ1) is 35.7. The summed E-state index contributed by atoms with van der Waals surface area (Å²) in [6.45, 7) is 0. The Bertz CT molecular complexity index is 2910. The van der Waals surface area contributed by atoms with Crippen LogP contribution in [-0.4, -0.2) is 0 Å². The highest BCUT2D eigenvalue weighted by molar-refractivity contribution is 6.03. The van der Waals surface area contributed by atoms with Gasteiger partial charge in [-0.3, -0.25) is 0 Å². The van der Waals surface area contributed by atoms with Crippen molar-refractivity contribution in [2.75, 3.05) is 4.90 Å². The fourth-order valence-electron chi connectivity index (χ4n) is 8.44. The lowest BCUT2D eigenvalue weighted by Crippen LogP contribution is -2.09. The molecule has 0 heterocycles. The highest BCUT2D eigenvalue weighted by atomic mass is 15.1. The molecule has 1 nitrogen and oxygen atoms in total. The molecule has 0 aromatic heterocycles. The van der Waals surface area contributed by atoms with Crippen molar-refractivity contribution in [2.45, 2.75) is 0 Å². The van der Waals surface area contributed by atoms with Gasteiger partial charge in [-0.2, -0.15) is 0 Å². The first-order valence-corrected chi connectivity index (χ1v) is 20.3. The largest absolute Gasteiger partial charge is 0.311 e. The van der Waals surface area contributed by atoms with Gasteiger partial charge in [0.25, 0.3) is 0 Å². The Morgan fingerprint density at radius 2 is 0.492 bits per heavy atom. The Labute approximate surface area is 346 Å². The molecule has 1 heteroatoms. The van der Waals surface area contributed by atoms with Crippen LogP contribution in [0.15, 0.2) is 249 Å². The summed E-state index contributed by atoms with van der Waals surface area (Å²) in [6, 6.07) is 89.7. The lowest BCUT2D eigenvalue weighted by molar-refractivity contribution is 1.28. The highest BCUT2D eigenvalue weighted by Crippen LogP contribution is 2.44. The first-order chi connectivity index (χ1) is 29.3. The minimum absolute atomic E-state index is 1.09. The van der Waals surface area contributed by atoms with Gasteiger partial charge in [0.1, 0.15) is 0 Å². The second kappa shape index (κ2) is 16.0. The maximum absolute atomic E-state index is 2.35. The van der Waals surface area contributed by atoms with E-state index in [9.17, 15) is 0 Å². The summed E-state index contributed by atoms with van der Waals surface area (Å²) in [5.41, 5.74) is 17.8. The molecule has 10 aromatic rings. The number of hydrogen-bond acceptors (Lipinski definition) is 1. The monoisotopic (exact) mass is 751 g/mol. The third-order valence-electron chi connectivity index (χ3n) is 11.3. The first-order valence-electron chi connectivity index (χ1n) is 20.3. The molecule has 59 heavy (non-hydrogen) atoms. The molecule has 0 radical (unpaired) electrons. The third-order valence-corrected chi connectivity index (χ3v) is 11.3. The molecular formula is C58H41N. The second-order valence-electron chi connectivity index (χ2n) is 14.9. The molecule has 0 saturated heterocycles. The van der Waals surface area contributed by atoms with Gasteiger partial charge in [-0.25, -0.2) is 0 Å². The Hall–Kier alpha value is -7.74. The normalized spacial score (nSPS) is 11.1. The second-order valence-corrected chi connectivity index (χ2v) is 14.9. The summed E-state index contributed by atoms with van der Waals surface area (Å²) in [5, 5.41) is 2.50. The summed E-state index contributed by atoms with van der Waals surface area (Å²) in [4.78, 5) is 2.35. The summed E-state index contributed by atoms with van der Waals surface area (Å²) in [6.07, 6.45) is 0. The molecule has 0 amide bonds. The fourth-order valence-corrected chi connectivity index (χ4v) is 8.44. The van der Waals surface area contributed by atoms with Crippen molar-refractivity contribution >= 4 is 27.8 Å². The van der Waals surface area contributed by atoms with E-state index < -0.39 is 0 Å². The Morgan fingerprint density at radius 3 is 0.966 bits per heavy atom. The van der Waals surface area contributed by atoms with Crippen molar-refractivity contribution < 1.29 is 0 Å². The van der Waals surface area contributed by atoms with Gasteiger partial charge >= 0.3 is 0 Å². The molecule has 10 aromatic carbocycles. The van der Waals surface area contributed by atoms with Crippen LogP contribution in [0.3, 0.4) is 0 Å². The molecule has 10 rings (SSSR count). The molecule has 0 aliphatic rings. The van der Waals surface area contributed by atoms with E-state index in [1.54, 1.807) is 0 Å². The van der Waals surface area contributed by atoms with E-state index >= 15 is 0 Å². The van der Waals surface area contributed by atoms with Crippen LogP contribution < -0.4 is 4.90 Å².